The molecule has 2 aliphatic heterocycles. The molecular formula is C24H26ClF3N6O2. The highest BCUT2D eigenvalue weighted by molar-refractivity contribution is 5.95. The highest BCUT2D eigenvalue weighted by Gasteiger charge is 2.37. The molecule has 0 spiro atoms. The van der Waals surface area contributed by atoms with Crippen LogP contribution in [0.25, 0.3) is 11.4 Å². The van der Waals surface area contributed by atoms with Crippen LogP contribution < -0.4 is 5.32 Å². The molecule has 2 saturated heterocycles. The molecular weight excluding hydrogens is 497 g/mol. The van der Waals surface area contributed by atoms with E-state index in [0.717, 1.165) is 29.8 Å². The summed E-state index contributed by atoms with van der Waals surface area (Å²) in [5.41, 5.74) is 1.49. The Hall–Kier alpha value is -3.18. The van der Waals surface area contributed by atoms with E-state index >= 15 is 0 Å². The summed E-state index contributed by atoms with van der Waals surface area (Å²) in [5, 5.41) is 3.00. The number of benzene rings is 1. The standard InChI is InChI=1S/C24H25F3N6O2.ClH/c1-14-28-13-20(33(14)17-7-10-35-11-8-17)21-19(26)12-29-24(31-21)30-16-4-2-15(3-5-16)23(34)32-9-6-18(25)22(32)27;/h2-5,12-13,17-18,22H,6-11H2,1H3,(H,29,30,31);1H. The molecule has 4 heterocycles. The number of amides is 1. The van der Waals surface area contributed by atoms with E-state index in [-0.39, 0.29) is 48.6 Å². The van der Waals surface area contributed by atoms with Crippen molar-refractivity contribution < 1.29 is 22.7 Å². The molecule has 12 heteroatoms. The Morgan fingerprint density at radius 2 is 1.81 bits per heavy atom. The first-order chi connectivity index (χ1) is 16.9. The highest BCUT2D eigenvalue weighted by Crippen LogP contribution is 2.31. The molecule has 2 unspecified atom stereocenters. The van der Waals surface area contributed by atoms with Gasteiger partial charge < -0.3 is 19.5 Å². The Morgan fingerprint density at radius 1 is 1.08 bits per heavy atom. The lowest BCUT2D eigenvalue weighted by atomic mass is 10.1. The fraction of sp³-hybridized carbons (Fsp3) is 0.417. The molecule has 1 N–H and O–H groups in total. The van der Waals surface area contributed by atoms with Crippen molar-refractivity contribution in [3.05, 3.63) is 53.9 Å². The fourth-order valence-electron chi connectivity index (χ4n) is 4.56. The molecule has 2 aliphatic rings. The maximum atomic E-state index is 14.8. The number of aromatic nitrogens is 4. The maximum Gasteiger partial charge on any atom is 0.256 e. The number of carbonyl (C=O) groups is 1. The van der Waals surface area contributed by atoms with Gasteiger partial charge in [-0.25, -0.2) is 28.1 Å². The van der Waals surface area contributed by atoms with Crippen LogP contribution in [0, 0.1) is 12.7 Å². The first kappa shape index (κ1) is 25.9. The number of hydrogen-bond donors (Lipinski definition) is 1. The van der Waals surface area contributed by atoms with Crippen LogP contribution in [-0.2, 0) is 4.74 Å². The largest absolute Gasteiger partial charge is 0.381 e. The molecule has 2 aromatic heterocycles. The molecule has 0 aliphatic carbocycles. The minimum absolute atomic E-state index is 0. The molecule has 192 valence electrons. The second-order valence-electron chi connectivity index (χ2n) is 8.67. The van der Waals surface area contributed by atoms with Crippen molar-refractivity contribution >= 4 is 29.9 Å². The number of nitrogens with zero attached hydrogens (tertiary/aromatic N) is 5. The number of aryl methyl sites for hydroxylation is 1. The number of likely N-dealkylation sites (tertiary alicyclic amines) is 1. The van der Waals surface area contributed by atoms with Crippen molar-refractivity contribution in [3.8, 4) is 11.4 Å². The Kier molecular flexibility index (Phi) is 7.79. The third-order valence-electron chi connectivity index (χ3n) is 6.42. The third kappa shape index (κ3) is 5.03. The quantitative estimate of drug-likeness (QED) is 0.485. The number of alkyl halides is 2. The van der Waals surface area contributed by atoms with Crippen LogP contribution in [0.5, 0.6) is 0 Å². The zero-order valence-corrected chi connectivity index (χ0v) is 20.3. The molecule has 0 saturated carbocycles. The van der Waals surface area contributed by atoms with Crippen molar-refractivity contribution in [1.29, 1.82) is 0 Å². The van der Waals surface area contributed by atoms with E-state index in [2.05, 4.69) is 20.3 Å². The molecule has 0 radical (unpaired) electrons. The van der Waals surface area contributed by atoms with Gasteiger partial charge in [-0.1, -0.05) is 0 Å². The number of anilines is 2. The van der Waals surface area contributed by atoms with Gasteiger partial charge >= 0.3 is 0 Å². The van der Waals surface area contributed by atoms with Gasteiger partial charge in [0, 0.05) is 43.5 Å². The van der Waals surface area contributed by atoms with Gasteiger partial charge in [-0.2, -0.15) is 0 Å². The summed E-state index contributed by atoms with van der Waals surface area (Å²) in [7, 11) is 0. The summed E-state index contributed by atoms with van der Waals surface area (Å²) in [6.45, 7) is 3.19. The van der Waals surface area contributed by atoms with Crippen molar-refractivity contribution in [2.45, 2.75) is 44.7 Å². The van der Waals surface area contributed by atoms with Gasteiger partial charge in [-0.05, 0) is 44.0 Å². The Morgan fingerprint density at radius 3 is 2.47 bits per heavy atom. The lowest BCUT2D eigenvalue weighted by molar-refractivity contribution is 0.0462. The van der Waals surface area contributed by atoms with Crippen LogP contribution in [0.15, 0.2) is 36.7 Å². The van der Waals surface area contributed by atoms with Gasteiger partial charge in [0.25, 0.3) is 5.91 Å². The fourth-order valence-corrected chi connectivity index (χ4v) is 4.56. The Labute approximate surface area is 212 Å². The van der Waals surface area contributed by atoms with E-state index in [4.69, 9.17) is 4.74 Å². The SMILES string of the molecule is Cc1ncc(-c2nc(Nc3ccc(C(=O)N4CCC(F)C4F)cc3)ncc2F)n1C1CCOCC1.Cl. The Bertz CT molecular complexity index is 1220. The molecule has 5 rings (SSSR count). The maximum absolute atomic E-state index is 14.8. The van der Waals surface area contributed by atoms with E-state index in [1.54, 1.807) is 18.3 Å². The van der Waals surface area contributed by atoms with E-state index in [9.17, 15) is 18.0 Å². The van der Waals surface area contributed by atoms with E-state index < -0.39 is 24.2 Å². The number of halogens is 4. The van der Waals surface area contributed by atoms with E-state index in [0.29, 0.717) is 24.6 Å². The molecule has 1 amide bonds. The van der Waals surface area contributed by atoms with Crippen LogP contribution in [0.4, 0.5) is 24.8 Å². The van der Waals surface area contributed by atoms with Crippen LogP contribution in [0.2, 0.25) is 0 Å². The third-order valence-corrected chi connectivity index (χ3v) is 6.42. The van der Waals surface area contributed by atoms with Crippen LogP contribution in [-0.4, -0.2) is 62.6 Å². The minimum Gasteiger partial charge on any atom is -0.381 e. The zero-order chi connectivity index (χ0) is 24.5. The van der Waals surface area contributed by atoms with Crippen molar-refractivity contribution in [2.75, 3.05) is 25.1 Å². The van der Waals surface area contributed by atoms with Crippen LogP contribution >= 0.6 is 12.4 Å². The monoisotopic (exact) mass is 522 g/mol. The van der Waals surface area contributed by atoms with Gasteiger partial charge in [0.05, 0.1) is 18.1 Å². The molecule has 3 aromatic rings. The number of nitrogens with one attached hydrogen (secondary N) is 1. The lowest BCUT2D eigenvalue weighted by Crippen LogP contribution is -2.35. The van der Waals surface area contributed by atoms with Gasteiger partial charge in [0.2, 0.25) is 12.2 Å². The first-order valence-electron chi connectivity index (χ1n) is 11.5. The predicted molar refractivity (Wildman–Crippen MR) is 129 cm³/mol. The summed E-state index contributed by atoms with van der Waals surface area (Å²) in [4.78, 5) is 26.2. The van der Waals surface area contributed by atoms with Crippen molar-refractivity contribution in [1.82, 2.24) is 24.4 Å². The summed E-state index contributed by atoms with van der Waals surface area (Å²) >= 11 is 0. The van der Waals surface area contributed by atoms with Crippen LogP contribution in [0.3, 0.4) is 0 Å². The Balaban J connectivity index is 0.00000304. The second-order valence-corrected chi connectivity index (χ2v) is 8.67. The number of rotatable bonds is 5. The van der Waals surface area contributed by atoms with Gasteiger partial charge in [-0.3, -0.25) is 4.79 Å². The minimum atomic E-state index is -1.93. The molecule has 2 fully saturated rings. The van der Waals surface area contributed by atoms with Gasteiger partial charge in [0.15, 0.2) is 12.0 Å². The average molecular weight is 523 g/mol. The van der Waals surface area contributed by atoms with E-state index in [1.807, 2.05) is 11.5 Å². The van der Waals surface area contributed by atoms with Crippen LogP contribution in [0.1, 0.15) is 41.5 Å². The molecule has 0 bridgehead atoms. The first-order valence-corrected chi connectivity index (χ1v) is 11.5. The number of carbonyl (C=O) groups excluding carboxylic acids is 1. The molecule has 1 aromatic carbocycles. The van der Waals surface area contributed by atoms with E-state index in [1.165, 1.54) is 12.1 Å². The number of imidazole rings is 1. The second kappa shape index (κ2) is 10.8. The zero-order valence-electron chi connectivity index (χ0n) is 19.5. The summed E-state index contributed by atoms with van der Waals surface area (Å²) in [6.07, 6.45) is 0.726. The van der Waals surface area contributed by atoms with Crippen molar-refractivity contribution in [2.24, 2.45) is 0 Å². The number of hydrogen-bond acceptors (Lipinski definition) is 6. The molecule has 2 atom stereocenters. The smallest absolute Gasteiger partial charge is 0.256 e. The molecule has 36 heavy (non-hydrogen) atoms. The highest BCUT2D eigenvalue weighted by atomic mass is 35.5. The summed E-state index contributed by atoms with van der Waals surface area (Å²) in [5.74, 6) is -0.197. The average Bonchev–Trinajstić information content (AvgIpc) is 3.42. The van der Waals surface area contributed by atoms with Gasteiger partial charge in [0.1, 0.15) is 11.5 Å². The number of ether oxygens (including phenoxy) is 1. The predicted octanol–water partition coefficient (Wildman–Crippen LogP) is 4.78. The summed E-state index contributed by atoms with van der Waals surface area (Å²) in [6, 6.07) is 6.37. The normalized spacial score (nSPS) is 20.3. The lowest BCUT2D eigenvalue weighted by Gasteiger charge is -2.26. The van der Waals surface area contributed by atoms with Crippen molar-refractivity contribution in [3.63, 3.8) is 0 Å². The molecule has 8 nitrogen and oxygen atoms in total. The topological polar surface area (TPSA) is 85.2 Å². The van der Waals surface area contributed by atoms with Gasteiger partial charge in [-0.15, -0.1) is 12.4 Å². The summed E-state index contributed by atoms with van der Waals surface area (Å²) < 4.78 is 49.6.